The molecular weight excluding hydrogens is 350 g/mol. The molecule has 5 nitrogen and oxygen atoms in total. The SMILES string of the molecule is CCN(C)C=Nc1cc(C)c(N(C)c2ccc(OC)c(OC)c2)cc1Cl. The Hall–Kier alpha value is -2.40. The summed E-state index contributed by atoms with van der Waals surface area (Å²) in [6.07, 6.45) is 1.79. The molecule has 0 unspecified atom stereocenters. The maximum atomic E-state index is 6.46. The average molecular weight is 376 g/mol. The summed E-state index contributed by atoms with van der Waals surface area (Å²) in [5.41, 5.74) is 3.82. The van der Waals surface area contributed by atoms with Crippen molar-refractivity contribution in [2.45, 2.75) is 13.8 Å². The van der Waals surface area contributed by atoms with Crippen molar-refractivity contribution in [3.63, 3.8) is 0 Å². The van der Waals surface area contributed by atoms with Gasteiger partial charge in [-0.25, -0.2) is 4.99 Å². The van der Waals surface area contributed by atoms with E-state index in [0.717, 1.165) is 29.2 Å². The monoisotopic (exact) mass is 375 g/mol. The Kier molecular flexibility index (Phi) is 6.75. The molecule has 0 heterocycles. The van der Waals surface area contributed by atoms with Crippen LogP contribution in [0.25, 0.3) is 0 Å². The second-order valence-electron chi connectivity index (χ2n) is 6.01. The summed E-state index contributed by atoms with van der Waals surface area (Å²) < 4.78 is 10.7. The van der Waals surface area contributed by atoms with Gasteiger partial charge >= 0.3 is 0 Å². The van der Waals surface area contributed by atoms with Crippen LogP contribution in [0.2, 0.25) is 5.02 Å². The van der Waals surface area contributed by atoms with E-state index in [1.165, 1.54) is 0 Å². The van der Waals surface area contributed by atoms with E-state index in [4.69, 9.17) is 21.1 Å². The number of benzene rings is 2. The third-order valence-electron chi connectivity index (χ3n) is 4.27. The lowest BCUT2D eigenvalue weighted by Crippen LogP contribution is -2.14. The molecule has 0 N–H and O–H groups in total. The molecule has 0 amide bonds. The third-order valence-corrected chi connectivity index (χ3v) is 4.58. The fraction of sp³-hybridized carbons (Fsp3) is 0.350. The Balaban J connectivity index is 2.36. The highest BCUT2D eigenvalue weighted by Gasteiger charge is 2.13. The Bertz CT molecular complexity index is 793. The van der Waals surface area contributed by atoms with E-state index in [1.54, 1.807) is 20.6 Å². The topological polar surface area (TPSA) is 37.3 Å². The molecule has 0 atom stereocenters. The number of aliphatic imine (C=N–C) groups is 1. The molecule has 0 radical (unpaired) electrons. The molecule has 2 aromatic rings. The summed E-state index contributed by atoms with van der Waals surface area (Å²) in [6, 6.07) is 9.74. The molecule has 0 saturated heterocycles. The maximum absolute atomic E-state index is 6.46. The lowest BCUT2D eigenvalue weighted by molar-refractivity contribution is 0.355. The van der Waals surface area contributed by atoms with Gasteiger partial charge < -0.3 is 19.3 Å². The molecule has 26 heavy (non-hydrogen) atoms. The van der Waals surface area contributed by atoms with Gasteiger partial charge in [0, 0.05) is 38.1 Å². The predicted molar refractivity (Wildman–Crippen MR) is 110 cm³/mol. The maximum Gasteiger partial charge on any atom is 0.162 e. The van der Waals surface area contributed by atoms with Gasteiger partial charge in [-0.2, -0.15) is 0 Å². The molecule has 0 aliphatic carbocycles. The molecule has 0 spiro atoms. The number of anilines is 2. The molecule has 0 saturated carbocycles. The summed E-state index contributed by atoms with van der Waals surface area (Å²) in [7, 11) is 7.22. The molecule has 6 heteroatoms. The highest BCUT2D eigenvalue weighted by atomic mass is 35.5. The van der Waals surface area contributed by atoms with Crippen LogP contribution in [0.5, 0.6) is 11.5 Å². The zero-order chi connectivity index (χ0) is 19.3. The van der Waals surface area contributed by atoms with E-state index < -0.39 is 0 Å². The Labute approximate surface area is 160 Å². The van der Waals surface area contributed by atoms with Crippen molar-refractivity contribution in [1.29, 1.82) is 0 Å². The first kappa shape index (κ1) is 19.9. The number of aryl methyl sites for hydroxylation is 1. The van der Waals surface area contributed by atoms with Crippen molar-refractivity contribution in [3.8, 4) is 11.5 Å². The van der Waals surface area contributed by atoms with Gasteiger partial charge in [-0.05, 0) is 43.7 Å². The average Bonchev–Trinajstić information content (AvgIpc) is 2.66. The summed E-state index contributed by atoms with van der Waals surface area (Å²) in [6.45, 7) is 5.01. The second kappa shape index (κ2) is 8.81. The predicted octanol–water partition coefficient (Wildman–Crippen LogP) is 5.05. The van der Waals surface area contributed by atoms with Crippen LogP contribution < -0.4 is 14.4 Å². The van der Waals surface area contributed by atoms with Crippen molar-refractivity contribution in [2.75, 3.05) is 39.8 Å². The van der Waals surface area contributed by atoms with Crippen molar-refractivity contribution in [1.82, 2.24) is 4.90 Å². The molecule has 2 aromatic carbocycles. The fourth-order valence-corrected chi connectivity index (χ4v) is 2.74. The second-order valence-corrected chi connectivity index (χ2v) is 6.41. The van der Waals surface area contributed by atoms with Gasteiger partial charge in [0.1, 0.15) is 0 Å². The summed E-state index contributed by atoms with van der Waals surface area (Å²) >= 11 is 6.46. The smallest absolute Gasteiger partial charge is 0.162 e. The van der Waals surface area contributed by atoms with Crippen molar-refractivity contribution < 1.29 is 9.47 Å². The lowest BCUT2D eigenvalue weighted by Gasteiger charge is -2.23. The van der Waals surface area contributed by atoms with Crippen LogP contribution in [0.3, 0.4) is 0 Å². The van der Waals surface area contributed by atoms with Crippen LogP contribution in [0.15, 0.2) is 35.3 Å². The van der Waals surface area contributed by atoms with Gasteiger partial charge in [-0.15, -0.1) is 0 Å². The Morgan fingerprint density at radius 2 is 1.77 bits per heavy atom. The third kappa shape index (κ3) is 4.41. The van der Waals surface area contributed by atoms with E-state index >= 15 is 0 Å². The molecular formula is C20H26ClN3O2. The molecule has 0 aliphatic rings. The number of hydrogen-bond acceptors (Lipinski definition) is 4. The van der Waals surface area contributed by atoms with Crippen LogP contribution in [0, 0.1) is 6.92 Å². The van der Waals surface area contributed by atoms with Gasteiger partial charge in [-0.3, -0.25) is 0 Å². The van der Waals surface area contributed by atoms with Gasteiger partial charge in [0.15, 0.2) is 11.5 Å². The van der Waals surface area contributed by atoms with Gasteiger partial charge in [0.2, 0.25) is 0 Å². The van der Waals surface area contributed by atoms with Crippen LogP contribution in [0.4, 0.5) is 17.1 Å². The fourth-order valence-electron chi connectivity index (χ4n) is 2.53. The van der Waals surface area contributed by atoms with Gasteiger partial charge in [0.05, 0.1) is 31.3 Å². The minimum Gasteiger partial charge on any atom is -0.493 e. The van der Waals surface area contributed by atoms with Gasteiger partial charge in [-0.1, -0.05) is 11.6 Å². The number of hydrogen-bond donors (Lipinski definition) is 0. The summed E-state index contributed by atoms with van der Waals surface area (Å²) in [5, 5.41) is 0.610. The van der Waals surface area contributed by atoms with Crippen LogP contribution in [0.1, 0.15) is 12.5 Å². The molecule has 140 valence electrons. The zero-order valence-corrected chi connectivity index (χ0v) is 17.0. The molecule has 0 aromatic heterocycles. The zero-order valence-electron chi connectivity index (χ0n) is 16.2. The molecule has 0 bridgehead atoms. The first-order chi connectivity index (χ1) is 12.4. The van der Waals surface area contributed by atoms with E-state index in [9.17, 15) is 0 Å². The number of nitrogens with zero attached hydrogens (tertiary/aromatic N) is 3. The van der Waals surface area contributed by atoms with Crippen LogP contribution >= 0.6 is 11.6 Å². The highest BCUT2D eigenvalue weighted by Crippen LogP contribution is 2.38. The standard InChI is InChI=1S/C20H26ClN3O2/c1-7-23(3)13-22-17-10-14(2)18(12-16(17)21)24(4)15-8-9-19(25-5)20(11-15)26-6/h8-13H,7H2,1-6H3. The molecule has 2 rings (SSSR count). The van der Waals surface area contributed by atoms with E-state index in [0.29, 0.717) is 16.5 Å². The number of ether oxygens (including phenoxy) is 2. The minimum atomic E-state index is 0.610. The van der Waals surface area contributed by atoms with Gasteiger partial charge in [0.25, 0.3) is 0 Å². The first-order valence-electron chi connectivity index (χ1n) is 8.41. The number of rotatable bonds is 7. The Morgan fingerprint density at radius 1 is 1.08 bits per heavy atom. The lowest BCUT2D eigenvalue weighted by atomic mass is 10.1. The van der Waals surface area contributed by atoms with Crippen molar-refractivity contribution in [2.24, 2.45) is 4.99 Å². The highest BCUT2D eigenvalue weighted by molar-refractivity contribution is 6.33. The largest absolute Gasteiger partial charge is 0.493 e. The number of halogens is 1. The van der Waals surface area contributed by atoms with Crippen LogP contribution in [-0.2, 0) is 0 Å². The van der Waals surface area contributed by atoms with Crippen molar-refractivity contribution >= 4 is 35.0 Å². The van der Waals surface area contributed by atoms with E-state index in [-0.39, 0.29) is 0 Å². The minimum absolute atomic E-state index is 0.610. The Morgan fingerprint density at radius 3 is 2.38 bits per heavy atom. The van der Waals surface area contributed by atoms with Crippen molar-refractivity contribution in [3.05, 3.63) is 40.9 Å². The van der Waals surface area contributed by atoms with Crippen LogP contribution in [-0.4, -0.2) is 46.1 Å². The normalized spacial score (nSPS) is 10.9. The van der Waals surface area contributed by atoms with E-state index in [1.807, 2.05) is 56.3 Å². The summed E-state index contributed by atoms with van der Waals surface area (Å²) in [5.74, 6) is 1.38. The summed E-state index contributed by atoms with van der Waals surface area (Å²) in [4.78, 5) is 8.53. The first-order valence-corrected chi connectivity index (χ1v) is 8.79. The quantitative estimate of drug-likeness (QED) is 0.501. The molecule has 0 fully saturated rings. The van der Waals surface area contributed by atoms with E-state index in [2.05, 4.69) is 16.8 Å². The molecule has 0 aliphatic heterocycles. The number of methoxy groups -OCH3 is 2.